The second-order valence-corrected chi connectivity index (χ2v) is 8.75. The lowest BCUT2D eigenvalue weighted by Crippen LogP contribution is -2.25. The molecule has 3 heterocycles. The predicted octanol–water partition coefficient (Wildman–Crippen LogP) is 6.08. The van der Waals surface area contributed by atoms with Gasteiger partial charge in [0.1, 0.15) is 11.6 Å². The summed E-state index contributed by atoms with van der Waals surface area (Å²) in [6, 6.07) is 19.8. The average molecular weight is 452 g/mol. The molecule has 0 aliphatic carbocycles. The number of imidazole rings is 1. The molecule has 1 saturated heterocycles. The maximum atomic E-state index is 13.0. The Balaban J connectivity index is 1.32. The van der Waals surface area contributed by atoms with Crippen LogP contribution in [0.5, 0.6) is 0 Å². The van der Waals surface area contributed by atoms with Crippen molar-refractivity contribution in [3.8, 4) is 22.6 Å². The molecule has 34 heavy (non-hydrogen) atoms. The number of carbonyl (C=O) groups excluding carboxylic acids is 1. The Morgan fingerprint density at radius 3 is 2.41 bits per heavy atom. The van der Waals surface area contributed by atoms with E-state index in [9.17, 15) is 4.79 Å². The second kappa shape index (κ2) is 9.91. The summed E-state index contributed by atoms with van der Waals surface area (Å²) >= 11 is 0. The van der Waals surface area contributed by atoms with E-state index in [0.29, 0.717) is 5.56 Å². The first-order valence-electron chi connectivity index (χ1n) is 11.9. The Labute approximate surface area is 200 Å². The summed E-state index contributed by atoms with van der Waals surface area (Å²) in [7, 11) is 0. The molecular formula is C28H29N5O. The zero-order valence-electron chi connectivity index (χ0n) is 19.4. The first-order chi connectivity index (χ1) is 16.7. The Kier molecular flexibility index (Phi) is 6.38. The van der Waals surface area contributed by atoms with Crippen molar-refractivity contribution in [1.29, 1.82) is 0 Å². The van der Waals surface area contributed by atoms with Crippen molar-refractivity contribution in [2.24, 2.45) is 0 Å². The maximum absolute atomic E-state index is 13.0. The van der Waals surface area contributed by atoms with Crippen LogP contribution in [0, 0.1) is 6.92 Å². The lowest BCUT2D eigenvalue weighted by atomic mass is 10.1. The fourth-order valence-electron chi connectivity index (χ4n) is 4.45. The molecule has 0 radical (unpaired) electrons. The Morgan fingerprint density at radius 1 is 0.882 bits per heavy atom. The number of amides is 1. The quantitative estimate of drug-likeness (QED) is 0.386. The van der Waals surface area contributed by atoms with Crippen molar-refractivity contribution in [2.45, 2.75) is 32.6 Å². The van der Waals surface area contributed by atoms with Gasteiger partial charge >= 0.3 is 0 Å². The Morgan fingerprint density at radius 2 is 1.68 bits per heavy atom. The number of hydrogen-bond acceptors (Lipinski definition) is 4. The van der Waals surface area contributed by atoms with Crippen molar-refractivity contribution in [3.05, 3.63) is 84.2 Å². The van der Waals surface area contributed by atoms with E-state index in [4.69, 9.17) is 0 Å². The molecule has 1 aliphatic rings. The summed E-state index contributed by atoms with van der Waals surface area (Å²) in [4.78, 5) is 27.8. The van der Waals surface area contributed by atoms with Gasteiger partial charge in [0.15, 0.2) is 0 Å². The van der Waals surface area contributed by atoms with Crippen molar-refractivity contribution in [3.63, 3.8) is 0 Å². The van der Waals surface area contributed by atoms with Crippen molar-refractivity contribution >= 4 is 17.4 Å². The average Bonchev–Trinajstić information content (AvgIpc) is 3.21. The summed E-state index contributed by atoms with van der Waals surface area (Å²) in [6.07, 6.45) is 8.46. The minimum atomic E-state index is -0.167. The molecule has 0 atom stereocenters. The number of nitrogens with one attached hydrogen (secondary N) is 2. The lowest BCUT2D eigenvalue weighted by molar-refractivity contribution is 0.102. The normalized spacial score (nSPS) is 14.0. The third-order valence-corrected chi connectivity index (χ3v) is 6.44. The third kappa shape index (κ3) is 4.71. The van der Waals surface area contributed by atoms with E-state index in [2.05, 4.69) is 25.2 Å². The summed E-state index contributed by atoms with van der Waals surface area (Å²) in [5, 5.41) is 3.05. The number of rotatable bonds is 5. The topological polar surface area (TPSA) is 73.9 Å². The van der Waals surface area contributed by atoms with Crippen LogP contribution in [0.25, 0.3) is 22.6 Å². The van der Waals surface area contributed by atoms with Gasteiger partial charge in [-0.15, -0.1) is 0 Å². The fourth-order valence-corrected chi connectivity index (χ4v) is 4.45. The second-order valence-electron chi connectivity index (χ2n) is 8.75. The molecule has 2 N–H and O–H groups in total. The van der Waals surface area contributed by atoms with E-state index in [1.165, 1.54) is 25.7 Å². The van der Waals surface area contributed by atoms with Gasteiger partial charge in [-0.2, -0.15) is 0 Å². The van der Waals surface area contributed by atoms with Crippen molar-refractivity contribution < 1.29 is 4.79 Å². The lowest BCUT2D eigenvalue weighted by Gasteiger charge is -2.21. The summed E-state index contributed by atoms with van der Waals surface area (Å²) in [5.41, 5.74) is 5.26. The van der Waals surface area contributed by atoms with Crippen LogP contribution in [-0.2, 0) is 0 Å². The molecule has 6 heteroatoms. The van der Waals surface area contributed by atoms with Crippen LogP contribution in [-0.4, -0.2) is 33.9 Å². The molecule has 0 unspecified atom stereocenters. The number of aromatic amines is 1. The van der Waals surface area contributed by atoms with Crippen molar-refractivity contribution in [2.75, 3.05) is 23.3 Å². The van der Waals surface area contributed by atoms with E-state index >= 15 is 0 Å². The van der Waals surface area contributed by atoms with E-state index in [0.717, 1.165) is 52.8 Å². The number of aromatic nitrogens is 3. The van der Waals surface area contributed by atoms with Crippen LogP contribution >= 0.6 is 0 Å². The summed E-state index contributed by atoms with van der Waals surface area (Å²) in [6.45, 7) is 4.06. The van der Waals surface area contributed by atoms with E-state index in [1.807, 2.05) is 73.8 Å². The number of anilines is 2. The van der Waals surface area contributed by atoms with E-state index in [1.54, 1.807) is 6.20 Å². The molecule has 0 saturated carbocycles. The monoisotopic (exact) mass is 451 g/mol. The maximum Gasteiger partial charge on any atom is 0.257 e. The number of carbonyl (C=O) groups is 1. The first-order valence-corrected chi connectivity index (χ1v) is 11.9. The third-order valence-electron chi connectivity index (χ3n) is 6.44. The van der Waals surface area contributed by atoms with Gasteiger partial charge in [-0.3, -0.25) is 4.79 Å². The van der Waals surface area contributed by atoms with Gasteiger partial charge in [-0.05, 0) is 49.1 Å². The first kappa shape index (κ1) is 21.9. The fraction of sp³-hybridized carbons (Fsp3) is 0.250. The van der Waals surface area contributed by atoms with Gasteiger partial charge in [0.2, 0.25) is 0 Å². The highest BCUT2D eigenvalue weighted by Crippen LogP contribution is 2.29. The smallest absolute Gasteiger partial charge is 0.257 e. The Bertz CT molecular complexity index is 1260. The van der Waals surface area contributed by atoms with Crippen LogP contribution in [0.3, 0.4) is 0 Å². The molecule has 1 aliphatic heterocycles. The molecule has 0 spiro atoms. The van der Waals surface area contributed by atoms with Crippen LogP contribution in [0.1, 0.15) is 41.6 Å². The van der Waals surface area contributed by atoms with Gasteiger partial charge in [0.05, 0.1) is 17.5 Å². The number of nitrogens with zero attached hydrogens (tertiary/aromatic N) is 3. The predicted molar refractivity (Wildman–Crippen MR) is 137 cm³/mol. The Hall–Kier alpha value is -3.93. The summed E-state index contributed by atoms with van der Waals surface area (Å²) < 4.78 is 0. The van der Waals surface area contributed by atoms with Crippen molar-refractivity contribution in [1.82, 2.24) is 15.0 Å². The van der Waals surface area contributed by atoms with Gasteiger partial charge in [0, 0.05) is 30.5 Å². The molecule has 172 valence electrons. The summed E-state index contributed by atoms with van der Waals surface area (Å²) in [5.74, 6) is 1.55. The molecule has 2 aromatic carbocycles. The highest BCUT2D eigenvalue weighted by atomic mass is 16.1. The van der Waals surface area contributed by atoms with Crippen LogP contribution in [0.2, 0.25) is 0 Å². The largest absolute Gasteiger partial charge is 0.357 e. The number of pyridine rings is 1. The molecule has 5 rings (SSSR count). The molecule has 0 bridgehead atoms. The van der Waals surface area contributed by atoms with E-state index < -0.39 is 0 Å². The van der Waals surface area contributed by atoms with Gasteiger partial charge in [-0.1, -0.05) is 55.3 Å². The highest BCUT2D eigenvalue weighted by Gasteiger charge is 2.15. The molecule has 6 nitrogen and oxygen atoms in total. The molecule has 1 amide bonds. The van der Waals surface area contributed by atoms with Gasteiger partial charge < -0.3 is 15.2 Å². The number of benzene rings is 2. The van der Waals surface area contributed by atoms with Gasteiger partial charge in [0.25, 0.3) is 5.91 Å². The SMILES string of the molecule is Cc1c(NC(=O)c2ccc(N3CCCCCC3)nc2)cccc1-c1ncc(-c2ccccc2)[nH]1. The van der Waals surface area contributed by atoms with Crippen LogP contribution < -0.4 is 10.2 Å². The van der Waals surface area contributed by atoms with Gasteiger partial charge in [-0.25, -0.2) is 9.97 Å². The minimum Gasteiger partial charge on any atom is -0.357 e. The molecule has 1 fully saturated rings. The number of hydrogen-bond donors (Lipinski definition) is 2. The zero-order valence-corrected chi connectivity index (χ0v) is 19.4. The van der Waals surface area contributed by atoms with Crippen LogP contribution in [0.15, 0.2) is 73.1 Å². The number of H-pyrrole nitrogens is 1. The minimum absolute atomic E-state index is 0.167. The standard InChI is InChI=1S/C28H29N5O/c1-20-23(27-30-19-25(31-27)21-10-5-4-6-11-21)12-9-13-24(20)32-28(34)22-14-15-26(29-18-22)33-16-7-2-3-8-17-33/h4-6,9-15,18-19H,2-3,7-8,16-17H2,1H3,(H,30,31)(H,32,34). The van der Waals surface area contributed by atoms with E-state index in [-0.39, 0.29) is 5.91 Å². The zero-order chi connectivity index (χ0) is 23.3. The van der Waals surface area contributed by atoms with Crippen LogP contribution in [0.4, 0.5) is 11.5 Å². The molecular weight excluding hydrogens is 422 g/mol. The molecule has 2 aromatic heterocycles. The highest BCUT2D eigenvalue weighted by molar-refractivity contribution is 6.05. The molecule has 4 aromatic rings.